The number of hydrogen-bond acceptors (Lipinski definition) is 3. The fourth-order valence-corrected chi connectivity index (χ4v) is 2.45. The Hall–Kier alpha value is -1.55. The summed E-state index contributed by atoms with van der Waals surface area (Å²) in [6, 6.07) is 7.83. The van der Waals surface area contributed by atoms with E-state index in [1.165, 1.54) is 30.5 Å². The van der Waals surface area contributed by atoms with E-state index in [1.54, 1.807) is 6.92 Å². The molecule has 1 aromatic carbocycles. The molecule has 0 spiro atoms. The number of carbonyl (C=O) groups excluding carboxylic acids is 1. The molecule has 1 atom stereocenters. The molecule has 4 nitrogen and oxygen atoms in total. The first-order valence-corrected chi connectivity index (χ1v) is 7.04. The van der Waals surface area contributed by atoms with Gasteiger partial charge < -0.3 is 16.0 Å². The first-order valence-electron chi connectivity index (χ1n) is 7.04. The Labute approximate surface area is 115 Å². The molecule has 1 aromatic rings. The molecule has 0 unspecified atom stereocenters. The Morgan fingerprint density at radius 1 is 1.32 bits per heavy atom. The largest absolute Gasteiger partial charge is 0.371 e. The minimum absolute atomic E-state index is 0.103. The number of carbonyl (C=O) groups is 1. The molecule has 0 saturated carbocycles. The van der Waals surface area contributed by atoms with Crippen LogP contribution in [0.25, 0.3) is 0 Å². The van der Waals surface area contributed by atoms with Gasteiger partial charge in [-0.3, -0.25) is 4.79 Å². The molecule has 1 fully saturated rings. The van der Waals surface area contributed by atoms with Crippen molar-refractivity contribution in [3.8, 4) is 0 Å². The molecule has 2 rings (SSSR count). The Kier molecular flexibility index (Phi) is 4.80. The van der Waals surface area contributed by atoms with Gasteiger partial charge in [-0.05, 0) is 37.8 Å². The molecular formula is C15H23N3O. The number of anilines is 1. The van der Waals surface area contributed by atoms with Crippen molar-refractivity contribution in [2.24, 2.45) is 5.73 Å². The molecule has 104 valence electrons. The first-order chi connectivity index (χ1) is 9.18. The van der Waals surface area contributed by atoms with Crippen LogP contribution >= 0.6 is 0 Å². The van der Waals surface area contributed by atoms with Gasteiger partial charge in [0.15, 0.2) is 0 Å². The van der Waals surface area contributed by atoms with Crippen molar-refractivity contribution in [3.05, 3.63) is 29.8 Å². The lowest BCUT2D eigenvalue weighted by Gasteiger charge is -2.30. The van der Waals surface area contributed by atoms with E-state index in [4.69, 9.17) is 5.73 Å². The average Bonchev–Trinajstić information content (AvgIpc) is 2.46. The van der Waals surface area contributed by atoms with E-state index < -0.39 is 6.04 Å². The highest BCUT2D eigenvalue weighted by Gasteiger charge is 2.14. The van der Waals surface area contributed by atoms with Crippen molar-refractivity contribution in [2.45, 2.75) is 38.8 Å². The molecule has 0 bridgehead atoms. The predicted octanol–water partition coefficient (Wildman–Crippen LogP) is 1.64. The topological polar surface area (TPSA) is 58.4 Å². The lowest BCUT2D eigenvalue weighted by atomic mass is 10.1. The minimum Gasteiger partial charge on any atom is -0.371 e. The van der Waals surface area contributed by atoms with Crippen LogP contribution in [0, 0.1) is 0 Å². The third-order valence-electron chi connectivity index (χ3n) is 3.56. The summed E-state index contributed by atoms with van der Waals surface area (Å²) in [4.78, 5) is 14.0. The number of hydrogen-bond donors (Lipinski definition) is 2. The number of para-hydroxylation sites is 1. The van der Waals surface area contributed by atoms with Crippen molar-refractivity contribution < 1.29 is 4.79 Å². The molecular weight excluding hydrogens is 238 g/mol. The van der Waals surface area contributed by atoms with Gasteiger partial charge in [0.25, 0.3) is 0 Å². The molecule has 1 heterocycles. The van der Waals surface area contributed by atoms with Crippen LogP contribution in [0.2, 0.25) is 0 Å². The zero-order valence-corrected chi connectivity index (χ0v) is 11.6. The highest BCUT2D eigenvalue weighted by Crippen LogP contribution is 2.23. The molecule has 0 aromatic heterocycles. The maximum atomic E-state index is 11.6. The minimum atomic E-state index is -0.456. The van der Waals surface area contributed by atoms with Crippen LogP contribution in [-0.4, -0.2) is 25.0 Å². The number of rotatable bonds is 4. The molecule has 3 N–H and O–H groups in total. The predicted molar refractivity (Wildman–Crippen MR) is 78.0 cm³/mol. The van der Waals surface area contributed by atoms with E-state index in [1.807, 2.05) is 6.07 Å². The van der Waals surface area contributed by atoms with Crippen LogP contribution in [0.4, 0.5) is 5.69 Å². The van der Waals surface area contributed by atoms with Gasteiger partial charge in [-0.1, -0.05) is 18.2 Å². The van der Waals surface area contributed by atoms with Crippen LogP contribution in [0.5, 0.6) is 0 Å². The van der Waals surface area contributed by atoms with Gasteiger partial charge in [-0.25, -0.2) is 0 Å². The molecule has 1 amide bonds. The van der Waals surface area contributed by atoms with E-state index in [2.05, 4.69) is 28.4 Å². The summed E-state index contributed by atoms with van der Waals surface area (Å²) >= 11 is 0. The average molecular weight is 261 g/mol. The molecule has 19 heavy (non-hydrogen) atoms. The number of benzene rings is 1. The quantitative estimate of drug-likeness (QED) is 0.866. The van der Waals surface area contributed by atoms with Gasteiger partial charge >= 0.3 is 0 Å². The highest BCUT2D eigenvalue weighted by molar-refractivity contribution is 5.81. The van der Waals surface area contributed by atoms with Gasteiger partial charge in [-0.2, -0.15) is 0 Å². The number of nitrogens with one attached hydrogen (secondary N) is 1. The van der Waals surface area contributed by atoms with E-state index in [0.717, 1.165) is 13.1 Å². The van der Waals surface area contributed by atoms with Crippen LogP contribution in [0.1, 0.15) is 31.7 Å². The van der Waals surface area contributed by atoms with Gasteiger partial charge in [0.1, 0.15) is 0 Å². The van der Waals surface area contributed by atoms with Crippen molar-refractivity contribution in [2.75, 3.05) is 18.0 Å². The standard InChI is InChI=1S/C15H23N3O/c1-12(16)15(19)17-11-13-7-3-4-8-14(13)18-9-5-2-6-10-18/h3-4,7-8,12H,2,5-6,9-11,16H2,1H3,(H,17,19)/t12-/m1/s1. The van der Waals surface area contributed by atoms with Crippen molar-refractivity contribution in [1.29, 1.82) is 0 Å². The Bertz CT molecular complexity index is 425. The lowest BCUT2D eigenvalue weighted by molar-refractivity contribution is -0.122. The summed E-state index contributed by atoms with van der Waals surface area (Å²) in [5.74, 6) is -0.103. The smallest absolute Gasteiger partial charge is 0.236 e. The van der Waals surface area contributed by atoms with E-state index in [9.17, 15) is 4.79 Å². The molecule has 4 heteroatoms. The van der Waals surface area contributed by atoms with Crippen molar-refractivity contribution in [3.63, 3.8) is 0 Å². The Morgan fingerprint density at radius 2 is 2.00 bits per heavy atom. The Balaban J connectivity index is 2.05. The fourth-order valence-electron chi connectivity index (χ4n) is 2.45. The number of amides is 1. The molecule has 1 aliphatic rings. The molecule has 0 aliphatic carbocycles. The highest BCUT2D eigenvalue weighted by atomic mass is 16.2. The van der Waals surface area contributed by atoms with Crippen LogP contribution in [-0.2, 0) is 11.3 Å². The van der Waals surface area contributed by atoms with Gasteiger partial charge in [0.05, 0.1) is 6.04 Å². The monoisotopic (exact) mass is 261 g/mol. The van der Waals surface area contributed by atoms with Gasteiger partial charge in [-0.15, -0.1) is 0 Å². The SMILES string of the molecule is C[C@@H](N)C(=O)NCc1ccccc1N1CCCCC1. The lowest BCUT2D eigenvalue weighted by Crippen LogP contribution is -2.38. The second-order valence-corrected chi connectivity index (χ2v) is 5.18. The summed E-state index contributed by atoms with van der Waals surface area (Å²) in [6.45, 7) is 4.47. The van der Waals surface area contributed by atoms with Crippen LogP contribution in [0.3, 0.4) is 0 Å². The number of nitrogens with zero attached hydrogens (tertiary/aromatic N) is 1. The van der Waals surface area contributed by atoms with Crippen molar-refractivity contribution >= 4 is 11.6 Å². The van der Waals surface area contributed by atoms with Gasteiger partial charge in [0, 0.05) is 25.3 Å². The van der Waals surface area contributed by atoms with E-state index in [-0.39, 0.29) is 5.91 Å². The van der Waals surface area contributed by atoms with E-state index >= 15 is 0 Å². The third-order valence-corrected chi connectivity index (χ3v) is 3.56. The Morgan fingerprint density at radius 3 is 2.68 bits per heavy atom. The fraction of sp³-hybridized carbons (Fsp3) is 0.533. The zero-order valence-electron chi connectivity index (χ0n) is 11.6. The maximum Gasteiger partial charge on any atom is 0.236 e. The summed E-state index contributed by atoms with van der Waals surface area (Å²) in [5, 5.41) is 2.89. The third kappa shape index (κ3) is 3.70. The summed E-state index contributed by atoms with van der Waals surface area (Å²) in [6.07, 6.45) is 3.82. The van der Waals surface area contributed by atoms with Crippen LogP contribution < -0.4 is 16.0 Å². The molecule has 1 saturated heterocycles. The first kappa shape index (κ1) is 13.9. The van der Waals surface area contributed by atoms with Crippen LogP contribution in [0.15, 0.2) is 24.3 Å². The number of piperidine rings is 1. The summed E-state index contributed by atoms with van der Waals surface area (Å²) in [7, 11) is 0. The summed E-state index contributed by atoms with van der Waals surface area (Å²) < 4.78 is 0. The molecule has 0 radical (unpaired) electrons. The normalized spacial score (nSPS) is 17.1. The van der Waals surface area contributed by atoms with E-state index in [0.29, 0.717) is 6.54 Å². The zero-order chi connectivity index (χ0) is 13.7. The molecule has 1 aliphatic heterocycles. The second kappa shape index (κ2) is 6.57. The van der Waals surface area contributed by atoms with Gasteiger partial charge in [0.2, 0.25) is 5.91 Å². The second-order valence-electron chi connectivity index (χ2n) is 5.18. The van der Waals surface area contributed by atoms with Crippen molar-refractivity contribution in [1.82, 2.24) is 5.32 Å². The maximum absolute atomic E-state index is 11.6. The number of nitrogens with two attached hydrogens (primary N) is 1. The summed E-state index contributed by atoms with van der Waals surface area (Å²) in [5.41, 5.74) is 7.97.